The molecule has 4 N–H and O–H groups in total. The molecule has 0 aromatic carbocycles. The highest BCUT2D eigenvalue weighted by Gasteiger charge is 2.31. The number of hydrogen-bond acceptors (Lipinski definition) is 3. The van der Waals surface area contributed by atoms with Crippen LogP contribution in [0, 0.1) is 11.8 Å². The topological polar surface area (TPSA) is 92.4 Å². The van der Waals surface area contributed by atoms with Crippen molar-refractivity contribution in [3.05, 3.63) is 0 Å². The normalized spacial score (nSPS) is 26.2. The van der Waals surface area contributed by atoms with Crippen LogP contribution in [-0.4, -0.2) is 29.6 Å². The largest absolute Gasteiger partial charge is 0.480 e. The lowest BCUT2D eigenvalue weighted by atomic mass is 9.78. The fourth-order valence-corrected chi connectivity index (χ4v) is 2.45. The van der Waals surface area contributed by atoms with Gasteiger partial charge in [-0.1, -0.05) is 19.8 Å². The maximum atomic E-state index is 12.0. The zero-order chi connectivity index (χ0) is 12.8. The fourth-order valence-electron chi connectivity index (χ4n) is 2.45. The molecule has 0 bridgehead atoms. The van der Waals surface area contributed by atoms with E-state index < -0.39 is 12.0 Å². The van der Waals surface area contributed by atoms with Crippen molar-refractivity contribution in [1.29, 1.82) is 0 Å². The predicted octanol–water partition coefficient (Wildman–Crippen LogP) is 0.731. The van der Waals surface area contributed by atoms with E-state index in [2.05, 4.69) is 5.32 Å². The molecular weight excluding hydrogens is 220 g/mol. The third kappa shape index (κ3) is 3.70. The maximum absolute atomic E-state index is 12.0. The Balaban J connectivity index is 2.58. The number of carbonyl (C=O) groups is 2. The van der Waals surface area contributed by atoms with Gasteiger partial charge in [0.2, 0.25) is 5.91 Å². The van der Waals surface area contributed by atoms with Crippen molar-refractivity contribution in [3.63, 3.8) is 0 Å². The van der Waals surface area contributed by atoms with Gasteiger partial charge in [-0.2, -0.15) is 0 Å². The summed E-state index contributed by atoms with van der Waals surface area (Å²) in [6, 6.07) is -0.775. The molecule has 0 heterocycles. The van der Waals surface area contributed by atoms with Crippen LogP contribution in [0.4, 0.5) is 0 Å². The van der Waals surface area contributed by atoms with Gasteiger partial charge in [0, 0.05) is 5.92 Å². The minimum atomic E-state index is -0.971. The molecule has 1 saturated carbocycles. The Morgan fingerprint density at radius 1 is 1.41 bits per heavy atom. The summed E-state index contributed by atoms with van der Waals surface area (Å²) in [5.41, 5.74) is 5.66. The molecule has 0 aliphatic heterocycles. The lowest BCUT2D eigenvalue weighted by molar-refractivity contribution is -0.143. The zero-order valence-corrected chi connectivity index (χ0v) is 10.3. The summed E-state index contributed by atoms with van der Waals surface area (Å²) >= 11 is 0. The van der Waals surface area contributed by atoms with Crippen LogP contribution in [0.2, 0.25) is 0 Å². The molecule has 0 aromatic heterocycles. The van der Waals surface area contributed by atoms with Gasteiger partial charge in [0.25, 0.3) is 0 Å². The van der Waals surface area contributed by atoms with Crippen LogP contribution in [0.3, 0.4) is 0 Å². The number of aliphatic carboxylic acids is 1. The summed E-state index contributed by atoms with van der Waals surface area (Å²) in [6.45, 7) is 2.25. The van der Waals surface area contributed by atoms with Crippen molar-refractivity contribution < 1.29 is 14.7 Å². The van der Waals surface area contributed by atoms with Gasteiger partial charge in [-0.05, 0) is 31.7 Å². The molecule has 0 spiro atoms. The summed E-state index contributed by atoms with van der Waals surface area (Å²) < 4.78 is 0. The van der Waals surface area contributed by atoms with Crippen LogP contribution in [0.1, 0.15) is 39.0 Å². The van der Waals surface area contributed by atoms with Gasteiger partial charge in [0.05, 0.1) is 0 Å². The highest BCUT2D eigenvalue weighted by molar-refractivity contribution is 5.85. The van der Waals surface area contributed by atoms with Gasteiger partial charge in [-0.15, -0.1) is 0 Å². The van der Waals surface area contributed by atoms with E-state index in [1.165, 1.54) is 0 Å². The van der Waals surface area contributed by atoms with Crippen molar-refractivity contribution in [3.8, 4) is 0 Å². The van der Waals surface area contributed by atoms with Crippen molar-refractivity contribution in [1.82, 2.24) is 5.32 Å². The van der Waals surface area contributed by atoms with Gasteiger partial charge >= 0.3 is 5.97 Å². The average Bonchev–Trinajstić information content (AvgIpc) is 2.35. The minimum Gasteiger partial charge on any atom is -0.480 e. The molecule has 1 amide bonds. The van der Waals surface area contributed by atoms with E-state index in [1.807, 2.05) is 0 Å². The number of nitrogens with two attached hydrogens (primary N) is 1. The van der Waals surface area contributed by atoms with Crippen LogP contribution in [0.25, 0.3) is 0 Å². The van der Waals surface area contributed by atoms with Crippen molar-refractivity contribution in [2.75, 3.05) is 6.54 Å². The second kappa shape index (κ2) is 6.59. The van der Waals surface area contributed by atoms with Crippen LogP contribution >= 0.6 is 0 Å². The Hall–Kier alpha value is -1.10. The average molecular weight is 242 g/mol. The first-order chi connectivity index (χ1) is 8.10. The number of hydrogen-bond donors (Lipinski definition) is 3. The van der Waals surface area contributed by atoms with Crippen molar-refractivity contribution in [2.45, 2.75) is 45.1 Å². The number of carboxylic acids is 1. The Kier molecular flexibility index (Phi) is 5.41. The molecule has 5 heteroatoms. The summed E-state index contributed by atoms with van der Waals surface area (Å²) in [5.74, 6) is -1.02. The quantitative estimate of drug-likeness (QED) is 0.662. The van der Waals surface area contributed by atoms with Crippen molar-refractivity contribution >= 4 is 11.9 Å². The van der Waals surface area contributed by atoms with Crippen LogP contribution in [-0.2, 0) is 9.59 Å². The molecule has 5 nitrogen and oxygen atoms in total. The number of carbonyl (C=O) groups excluding carboxylic acids is 1. The summed E-state index contributed by atoms with van der Waals surface area (Å²) in [6.07, 6.45) is 4.34. The van der Waals surface area contributed by atoms with Gasteiger partial charge in [0.1, 0.15) is 6.04 Å². The maximum Gasteiger partial charge on any atom is 0.326 e. The zero-order valence-electron chi connectivity index (χ0n) is 10.3. The van der Waals surface area contributed by atoms with Gasteiger partial charge in [0.15, 0.2) is 0 Å². The molecule has 3 atom stereocenters. The van der Waals surface area contributed by atoms with E-state index in [-0.39, 0.29) is 17.7 Å². The first-order valence-electron chi connectivity index (χ1n) is 6.33. The third-order valence-electron chi connectivity index (χ3n) is 3.57. The SMILES string of the molecule is CC[C@H](NC(=O)C1CCCCC1CN)C(=O)O. The van der Waals surface area contributed by atoms with E-state index >= 15 is 0 Å². The number of carboxylic acid groups (broad SMARTS) is 1. The molecular formula is C12H22N2O3. The van der Waals surface area contributed by atoms with Gasteiger partial charge < -0.3 is 16.2 Å². The summed E-state index contributed by atoms with van der Waals surface area (Å²) in [7, 11) is 0. The molecule has 17 heavy (non-hydrogen) atoms. The number of rotatable bonds is 5. The lowest BCUT2D eigenvalue weighted by Gasteiger charge is -2.30. The monoisotopic (exact) mass is 242 g/mol. The molecule has 1 aliphatic rings. The minimum absolute atomic E-state index is 0.109. The molecule has 2 unspecified atom stereocenters. The molecule has 0 radical (unpaired) electrons. The van der Waals surface area contributed by atoms with Gasteiger partial charge in [-0.25, -0.2) is 4.79 Å². The fraction of sp³-hybridized carbons (Fsp3) is 0.833. The Bertz CT molecular complexity index is 281. The standard InChI is InChI=1S/C12H22N2O3/c1-2-10(12(16)17)14-11(15)9-6-4-3-5-8(9)7-13/h8-10H,2-7,13H2,1H3,(H,14,15)(H,16,17)/t8?,9?,10-/m0/s1. The summed E-state index contributed by atoms with van der Waals surface area (Å²) in [5, 5.41) is 11.5. The molecule has 1 aliphatic carbocycles. The summed E-state index contributed by atoms with van der Waals surface area (Å²) in [4.78, 5) is 22.9. The molecule has 1 rings (SSSR count). The van der Waals surface area contributed by atoms with Crippen LogP contribution in [0.5, 0.6) is 0 Å². The molecule has 1 fully saturated rings. The molecule has 0 saturated heterocycles. The first kappa shape index (κ1) is 14.0. The van der Waals surface area contributed by atoms with E-state index in [9.17, 15) is 9.59 Å². The molecule has 0 aromatic rings. The Morgan fingerprint density at radius 3 is 2.59 bits per heavy atom. The smallest absolute Gasteiger partial charge is 0.326 e. The Labute approximate surface area is 102 Å². The highest BCUT2D eigenvalue weighted by Crippen LogP contribution is 2.29. The Morgan fingerprint density at radius 2 is 2.06 bits per heavy atom. The second-order valence-electron chi connectivity index (χ2n) is 4.69. The van der Waals surface area contributed by atoms with E-state index in [1.54, 1.807) is 6.92 Å². The highest BCUT2D eigenvalue weighted by atomic mass is 16.4. The number of amides is 1. The second-order valence-corrected chi connectivity index (χ2v) is 4.69. The van der Waals surface area contributed by atoms with Gasteiger partial charge in [-0.3, -0.25) is 4.79 Å². The predicted molar refractivity (Wildman–Crippen MR) is 64.4 cm³/mol. The van der Waals surface area contributed by atoms with E-state index in [0.717, 1.165) is 25.7 Å². The molecule has 98 valence electrons. The first-order valence-corrected chi connectivity index (χ1v) is 6.33. The van der Waals surface area contributed by atoms with Crippen LogP contribution in [0.15, 0.2) is 0 Å². The van der Waals surface area contributed by atoms with E-state index in [4.69, 9.17) is 10.8 Å². The lowest BCUT2D eigenvalue weighted by Crippen LogP contribution is -2.46. The third-order valence-corrected chi connectivity index (χ3v) is 3.57. The number of nitrogens with one attached hydrogen (secondary N) is 1. The van der Waals surface area contributed by atoms with E-state index in [0.29, 0.717) is 13.0 Å². The van der Waals surface area contributed by atoms with Crippen LogP contribution < -0.4 is 11.1 Å². The van der Waals surface area contributed by atoms with Crippen molar-refractivity contribution in [2.24, 2.45) is 17.6 Å².